The van der Waals surface area contributed by atoms with Crippen molar-refractivity contribution in [2.24, 2.45) is 29.1 Å². The Bertz CT molecular complexity index is 1430. The monoisotopic (exact) mass is 608 g/mol. The van der Waals surface area contributed by atoms with Gasteiger partial charge in [0.1, 0.15) is 12.1 Å². The topological polar surface area (TPSA) is 145 Å². The fraction of sp³-hybridized carbons (Fsp3) is 0.576. The number of benzene rings is 2. The molecule has 3 saturated carbocycles. The zero-order chi connectivity index (χ0) is 32.1. The largest absolute Gasteiger partial charge is 0.394 e. The first-order valence-corrected chi connectivity index (χ1v) is 15.4. The molecular weight excluding hydrogens is 564 g/mol. The molecule has 6 rings (SSSR count). The van der Waals surface area contributed by atoms with E-state index in [1.807, 2.05) is 6.07 Å². The van der Waals surface area contributed by atoms with E-state index in [-0.39, 0.29) is 47.7 Å². The molecule has 1 heterocycles. The van der Waals surface area contributed by atoms with Crippen LogP contribution in [-0.4, -0.2) is 81.9 Å². The van der Waals surface area contributed by atoms with Gasteiger partial charge in [0.05, 0.1) is 29.7 Å². The molecule has 8 atom stereocenters. The standard InChI is InChI=1S/C33H44N4O7/c1-18-25-14-23(33(25,3)4)15-26(18)34-31(40)30-29(19(2)39)28(17-38)44-36(30)16-20-8-7-9-21(12-20)24-11-10-22(32(41)35(5)6)13-27(24)37(42)43/h7-13,18-19,23,25-26,28-30,38-39H,14-17H2,1-6H3,(H,34,40)/t18-,19-,23+,25-,26-,28?,29+,30-/m0/s1. The van der Waals surface area contributed by atoms with Gasteiger partial charge < -0.3 is 20.4 Å². The van der Waals surface area contributed by atoms with Gasteiger partial charge in [-0.1, -0.05) is 39.0 Å². The van der Waals surface area contributed by atoms with E-state index in [2.05, 4.69) is 26.1 Å². The second-order valence-corrected chi connectivity index (χ2v) is 13.6. The van der Waals surface area contributed by atoms with E-state index in [1.54, 1.807) is 51.4 Å². The molecule has 1 unspecified atom stereocenters. The van der Waals surface area contributed by atoms with Gasteiger partial charge in [0.25, 0.3) is 11.6 Å². The van der Waals surface area contributed by atoms with Crippen LogP contribution >= 0.6 is 0 Å². The molecule has 0 spiro atoms. The molecule has 44 heavy (non-hydrogen) atoms. The van der Waals surface area contributed by atoms with Crippen LogP contribution in [0.1, 0.15) is 56.5 Å². The number of aliphatic hydroxyl groups excluding tert-OH is 2. The lowest BCUT2D eigenvalue weighted by atomic mass is 9.45. The van der Waals surface area contributed by atoms with Crippen molar-refractivity contribution in [3.63, 3.8) is 0 Å². The van der Waals surface area contributed by atoms with Crippen molar-refractivity contribution < 1.29 is 29.6 Å². The summed E-state index contributed by atoms with van der Waals surface area (Å²) >= 11 is 0. The Morgan fingerprint density at radius 1 is 1.20 bits per heavy atom. The van der Waals surface area contributed by atoms with Gasteiger partial charge in [-0.2, -0.15) is 5.06 Å². The van der Waals surface area contributed by atoms with Crippen molar-refractivity contribution in [1.82, 2.24) is 15.3 Å². The van der Waals surface area contributed by atoms with Crippen LogP contribution in [0.3, 0.4) is 0 Å². The molecule has 2 aromatic carbocycles. The molecule has 1 aliphatic heterocycles. The van der Waals surface area contributed by atoms with E-state index in [9.17, 15) is 29.9 Å². The van der Waals surface area contributed by atoms with Crippen molar-refractivity contribution >= 4 is 17.5 Å². The highest BCUT2D eigenvalue weighted by Crippen LogP contribution is 2.61. The third-order valence-electron chi connectivity index (χ3n) is 10.5. The molecular formula is C33H44N4O7. The molecule has 2 amide bonds. The molecule has 2 bridgehead atoms. The van der Waals surface area contributed by atoms with E-state index in [0.29, 0.717) is 28.9 Å². The van der Waals surface area contributed by atoms with Gasteiger partial charge in [0, 0.05) is 37.7 Å². The Kier molecular flexibility index (Phi) is 8.87. The van der Waals surface area contributed by atoms with Crippen molar-refractivity contribution in [3.8, 4) is 11.1 Å². The Labute approximate surface area is 258 Å². The lowest BCUT2D eigenvalue weighted by molar-refractivity contribution is -0.384. The number of carbonyl (C=O) groups excluding carboxylic acids is 2. The zero-order valence-electron chi connectivity index (χ0n) is 26.3. The van der Waals surface area contributed by atoms with E-state index < -0.39 is 29.1 Å². The second kappa shape index (κ2) is 12.2. The lowest BCUT2D eigenvalue weighted by Gasteiger charge is -2.62. The number of carbonyl (C=O) groups is 2. The number of fused-ring (bicyclic) bond motifs is 2. The molecule has 11 nitrogen and oxygen atoms in total. The van der Waals surface area contributed by atoms with Gasteiger partial charge in [0.2, 0.25) is 5.91 Å². The SMILES string of the molecule is C[C@@H]1[C@@H](NC(=O)[C@@H]2[C@H]([C@H](C)O)C(CO)ON2Cc2cccc(-c3ccc(C(=O)N(C)C)cc3[N+](=O)[O-])c2)C[C@H]2C[C@@H]1C2(C)C. The summed E-state index contributed by atoms with van der Waals surface area (Å²) in [6, 6.07) is 10.7. The fourth-order valence-electron chi connectivity index (χ4n) is 7.82. The Hall–Kier alpha value is -3.38. The van der Waals surface area contributed by atoms with E-state index in [4.69, 9.17) is 4.84 Å². The summed E-state index contributed by atoms with van der Waals surface area (Å²) in [5.41, 5.74) is 1.94. The average Bonchev–Trinajstić information content (AvgIpc) is 3.35. The van der Waals surface area contributed by atoms with Crippen molar-refractivity contribution in [2.45, 2.75) is 71.4 Å². The Balaban J connectivity index is 1.40. The summed E-state index contributed by atoms with van der Waals surface area (Å²) in [6.45, 7) is 8.20. The number of nitrogens with one attached hydrogen (secondary N) is 1. The Morgan fingerprint density at radius 3 is 2.52 bits per heavy atom. The number of nitro benzene ring substituents is 1. The van der Waals surface area contributed by atoms with Crippen LogP contribution in [0, 0.1) is 39.2 Å². The number of hydroxylamine groups is 2. The average molecular weight is 609 g/mol. The molecule has 3 aliphatic carbocycles. The molecule has 1 saturated heterocycles. The number of aliphatic hydroxyl groups is 2. The zero-order valence-corrected chi connectivity index (χ0v) is 26.3. The second-order valence-electron chi connectivity index (χ2n) is 13.6. The van der Waals surface area contributed by atoms with Crippen LogP contribution in [0.2, 0.25) is 0 Å². The summed E-state index contributed by atoms with van der Waals surface area (Å²) in [5, 5.41) is 37.6. The smallest absolute Gasteiger partial charge is 0.277 e. The minimum Gasteiger partial charge on any atom is -0.394 e. The minimum absolute atomic E-state index is 0.0233. The highest BCUT2D eigenvalue weighted by Gasteiger charge is 2.57. The third-order valence-corrected chi connectivity index (χ3v) is 10.5. The number of hydrogen-bond donors (Lipinski definition) is 3. The maximum absolute atomic E-state index is 13.9. The van der Waals surface area contributed by atoms with Gasteiger partial charge in [0.15, 0.2) is 0 Å². The number of nitro groups is 1. The lowest BCUT2D eigenvalue weighted by Crippen LogP contribution is -2.62. The van der Waals surface area contributed by atoms with Crippen molar-refractivity contribution in [2.75, 3.05) is 20.7 Å². The third kappa shape index (κ3) is 5.74. The summed E-state index contributed by atoms with van der Waals surface area (Å²) in [6.07, 6.45) is 0.409. The number of amides is 2. The van der Waals surface area contributed by atoms with Crippen LogP contribution < -0.4 is 5.32 Å². The first-order valence-electron chi connectivity index (χ1n) is 15.4. The first-order chi connectivity index (χ1) is 20.7. The predicted molar refractivity (Wildman–Crippen MR) is 164 cm³/mol. The molecule has 2 aromatic rings. The van der Waals surface area contributed by atoms with E-state index in [1.165, 1.54) is 22.5 Å². The predicted octanol–water partition coefficient (Wildman–Crippen LogP) is 3.62. The van der Waals surface area contributed by atoms with Gasteiger partial charge in [-0.25, -0.2) is 0 Å². The van der Waals surface area contributed by atoms with E-state index >= 15 is 0 Å². The van der Waals surface area contributed by atoms with Crippen molar-refractivity contribution in [1.29, 1.82) is 0 Å². The highest BCUT2D eigenvalue weighted by molar-refractivity contribution is 5.95. The molecule has 0 radical (unpaired) electrons. The van der Waals surface area contributed by atoms with E-state index in [0.717, 1.165) is 12.0 Å². The number of nitrogens with zero attached hydrogens (tertiary/aromatic N) is 3. The normalized spacial score (nSPS) is 29.9. The fourth-order valence-corrected chi connectivity index (χ4v) is 7.82. The molecule has 3 N–H and O–H groups in total. The molecule has 0 aromatic heterocycles. The van der Waals surface area contributed by atoms with Crippen molar-refractivity contribution in [3.05, 3.63) is 63.7 Å². The molecule has 4 fully saturated rings. The van der Waals surface area contributed by atoms with Gasteiger partial charge in [-0.15, -0.1) is 0 Å². The minimum atomic E-state index is -0.915. The molecule has 4 aliphatic rings. The van der Waals surface area contributed by atoms with Crippen LogP contribution in [0.25, 0.3) is 11.1 Å². The first kappa shape index (κ1) is 32.0. The van der Waals surface area contributed by atoms with Crippen LogP contribution in [-0.2, 0) is 16.2 Å². The van der Waals surface area contributed by atoms with Crippen LogP contribution in [0.5, 0.6) is 0 Å². The van der Waals surface area contributed by atoms with Gasteiger partial charge in [-0.05, 0) is 72.3 Å². The maximum Gasteiger partial charge on any atom is 0.277 e. The van der Waals surface area contributed by atoms with Gasteiger partial charge >= 0.3 is 0 Å². The summed E-state index contributed by atoms with van der Waals surface area (Å²) < 4.78 is 0. The van der Waals surface area contributed by atoms with Crippen LogP contribution in [0.15, 0.2) is 42.5 Å². The Morgan fingerprint density at radius 2 is 1.93 bits per heavy atom. The summed E-state index contributed by atoms with van der Waals surface area (Å²) in [7, 11) is 3.17. The summed E-state index contributed by atoms with van der Waals surface area (Å²) in [5.74, 6) is 0.192. The van der Waals surface area contributed by atoms with Gasteiger partial charge in [-0.3, -0.25) is 24.5 Å². The number of rotatable bonds is 9. The molecule has 238 valence electrons. The summed E-state index contributed by atoms with van der Waals surface area (Å²) in [4.78, 5) is 45.3. The highest BCUT2D eigenvalue weighted by atomic mass is 16.7. The molecule has 11 heteroatoms. The maximum atomic E-state index is 13.9. The van der Waals surface area contributed by atoms with Crippen LogP contribution in [0.4, 0.5) is 5.69 Å². The quantitative estimate of drug-likeness (QED) is 0.289. The number of hydrogen-bond acceptors (Lipinski definition) is 8.